The van der Waals surface area contributed by atoms with Gasteiger partial charge in [-0.1, -0.05) is 16.1 Å². The summed E-state index contributed by atoms with van der Waals surface area (Å²) in [5, 5.41) is 12.3. The maximum Gasteiger partial charge on any atom is 0.321 e. The summed E-state index contributed by atoms with van der Waals surface area (Å²) in [7, 11) is 0. The Bertz CT molecular complexity index is 320. The van der Waals surface area contributed by atoms with Gasteiger partial charge in [0.2, 0.25) is 0 Å². The summed E-state index contributed by atoms with van der Waals surface area (Å²) in [6, 6.07) is -0.842. The van der Waals surface area contributed by atoms with Gasteiger partial charge in [-0.25, -0.2) is 0 Å². The Labute approximate surface area is 93.8 Å². The van der Waals surface area contributed by atoms with Crippen molar-refractivity contribution in [1.82, 2.24) is 9.59 Å². The van der Waals surface area contributed by atoms with Crippen LogP contribution in [0.4, 0.5) is 0 Å². The van der Waals surface area contributed by atoms with Gasteiger partial charge in [0.15, 0.2) is 0 Å². The van der Waals surface area contributed by atoms with Gasteiger partial charge in [0.1, 0.15) is 16.1 Å². The Kier molecular flexibility index (Phi) is 4.59. The van der Waals surface area contributed by atoms with Crippen molar-refractivity contribution in [2.45, 2.75) is 11.8 Å². The van der Waals surface area contributed by atoms with Crippen molar-refractivity contribution in [2.24, 2.45) is 5.73 Å². The molecular formula is C6H8ClN3O2S2. The number of thioether (sulfide) groups is 1. The van der Waals surface area contributed by atoms with E-state index in [2.05, 4.69) is 9.59 Å². The molecule has 1 atom stereocenters. The van der Waals surface area contributed by atoms with Crippen LogP contribution in [-0.2, 0) is 10.5 Å². The second-order valence-corrected chi connectivity index (χ2v) is 4.84. The van der Waals surface area contributed by atoms with Gasteiger partial charge < -0.3 is 10.8 Å². The number of nitrogens with two attached hydrogens (primary N) is 1. The Morgan fingerprint density at radius 1 is 1.79 bits per heavy atom. The molecule has 0 saturated carbocycles. The molecule has 0 fully saturated rings. The number of aliphatic carboxylic acids is 1. The molecule has 0 aliphatic heterocycles. The highest BCUT2D eigenvalue weighted by atomic mass is 35.5. The molecule has 0 radical (unpaired) electrons. The van der Waals surface area contributed by atoms with Gasteiger partial charge in [-0.05, 0) is 0 Å². The SMILES string of the molecule is NC(CSCc1nnsc1Cl)C(=O)O. The molecule has 0 spiro atoms. The van der Waals surface area contributed by atoms with E-state index in [1.165, 1.54) is 11.8 Å². The first kappa shape index (κ1) is 11.7. The van der Waals surface area contributed by atoms with Gasteiger partial charge in [-0.15, -0.1) is 5.10 Å². The molecule has 1 aromatic heterocycles. The zero-order chi connectivity index (χ0) is 10.6. The number of nitrogens with zero attached hydrogens (tertiary/aromatic N) is 2. The van der Waals surface area contributed by atoms with E-state index in [1.54, 1.807) is 0 Å². The normalized spacial score (nSPS) is 12.7. The number of aromatic nitrogens is 2. The average molecular weight is 254 g/mol. The van der Waals surface area contributed by atoms with Crippen molar-refractivity contribution < 1.29 is 9.90 Å². The molecule has 78 valence electrons. The summed E-state index contributed by atoms with van der Waals surface area (Å²) in [4.78, 5) is 10.4. The molecular weight excluding hydrogens is 246 g/mol. The van der Waals surface area contributed by atoms with Crippen molar-refractivity contribution >= 4 is 40.9 Å². The van der Waals surface area contributed by atoms with Gasteiger partial charge in [-0.2, -0.15) is 11.8 Å². The highest BCUT2D eigenvalue weighted by Crippen LogP contribution is 2.21. The monoisotopic (exact) mass is 253 g/mol. The molecule has 8 heteroatoms. The number of rotatable bonds is 5. The number of hydrogen-bond donors (Lipinski definition) is 2. The topological polar surface area (TPSA) is 89.1 Å². The maximum absolute atomic E-state index is 10.4. The van der Waals surface area contributed by atoms with Crippen molar-refractivity contribution in [3.63, 3.8) is 0 Å². The van der Waals surface area contributed by atoms with E-state index in [0.717, 1.165) is 11.5 Å². The Morgan fingerprint density at radius 2 is 2.50 bits per heavy atom. The highest BCUT2D eigenvalue weighted by molar-refractivity contribution is 7.98. The molecule has 1 unspecified atom stereocenters. The lowest BCUT2D eigenvalue weighted by Crippen LogP contribution is -2.32. The Balaban J connectivity index is 2.29. The van der Waals surface area contributed by atoms with Crippen LogP contribution in [0.1, 0.15) is 5.69 Å². The van der Waals surface area contributed by atoms with Crippen LogP contribution in [0, 0.1) is 0 Å². The van der Waals surface area contributed by atoms with E-state index in [0.29, 0.717) is 21.5 Å². The van der Waals surface area contributed by atoms with Crippen molar-refractivity contribution in [1.29, 1.82) is 0 Å². The second-order valence-electron chi connectivity index (χ2n) is 2.45. The fourth-order valence-corrected chi connectivity index (χ4v) is 2.34. The summed E-state index contributed by atoms with van der Waals surface area (Å²) >= 11 is 8.24. The Morgan fingerprint density at radius 3 is 3.00 bits per heavy atom. The fourth-order valence-electron chi connectivity index (χ4n) is 0.637. The van der Waals surface area contributed by atoms with Crippen LogP contribution in [0.2, 0.25) is 4.34 Å². The van der Waals surface area contributed by atoms with Crippen LogP contribution in [0.15, 0.2) is 0 Å². The first-order chi connectivity index (χ1) is 6.61. The molecule has 0 bridgehead atoms. The zero-order valence-electron chi connectivity index (χ0n) is 7.01. The summed E-state index contributed by atoms with van der Waals surface area (Å²) < 4.78 is 4.20. The average Bonchev–Trinajstić information content (AvgIpc) is 2.51. The molecule has 1 rings (SSSR count). The largest absolute Gasteiger partial charge is 0.480 e. The molecule has 14 heavy (non-hydrogen) atoms. The van der Waals surface area contributed by atoms with Crippen LogP contribution in [0.3, 0.4) is 0 Å². The molecule has 0 aliphatic carbocycles. The maximum atomic E-state index is 10.4. The number of hydrogen-bond acceptors (Lipinski definition) is 6. The van der Waals surface area contributed by atoms with Gasteiger partial charge in [0.05, 0.1) is 0 Å². The van der Waals surface area contributed by atoms with Crippen LogP contribution in [0.5, 0.6) is 0 Å². The van der Waals surface area contributed by atoms with Crippen LogP contribution >= 0.6 is 34.9 Å². The van der Waals surface area contributed by atoms with E-state index in [9.17, 15) is 4.79 Å². The number of carboxylic acid groups (broad SMARTS) is 1. The lowest BCUT2D eigenvalue weighted by molar-refractivity contribution is -0.137. The van der Waals surface area contributed by atoms with Gasteiger partial charge in [0.25, 0.3) is 0 Å². The fraction of sp³-hybridized carbons (Fsp3) is 0.500. The zero-order valence-corrected chi connectivity index (χ0v) is 9.40. The quantitative estimate of drug-likeness (QED) is 0.808. The van der Waals surface area contributed by atoms with E-state index >= 15 is 0 Å². The molecule has 0 saturated heterocycles. The summed E-state index contributed by atoms with van der Waals surface area (Å²) in [5.41, 5.74) is 5.99. The summed E-state index contributed by atoms with van der Waals surface area (Å²) in [6.45, 7) is 0. The molecule has 3 N–H and O–H groups in total. The molecule has 1 heterocycles. The third-order valence-corrected chi connectivity index (χ3v) is 3.42. The second kappa shape index (κ2) is 5.50. The number of halogens is 1. The van der Waals surface area contributed by atoms with E-state index < -0.39 is 12.0 Å². The van der Waals surface area contributed by atoms with E-state index in [4.69, 9.17) is 22.4 Å². The van der Waals surface area contributed by atoms with E-state index in [1.807, 2.05) is 0 Å². The minimum atomic E-state index is -1.00. The summed E-state index contributed by atoms with van der Waals surface area (Å²) in [5.74, 6) is -0.125. The first-order valence-corrected chi connectivity index (χ1v) is 5.94. The predicted molar refractivity (Wildman–Crippen MR) is 56.7 cm³/mol. The minimum Gasteiger partial charge on any atom is -0.480 e. The third kappa shape index (κ3) is 3.41. The van der Waals surface area contributed by atoms with Crippen molar-refractivity contribution in [3.05, 3.63) is 10.0 Å². The third-order valence-electron chi connectivity index (χ3n) is 1.36. The molecule has 0 aliphatic rings. The number of carbonyl (C=O) groups is 1. The molecule has 1 aromatic rings. The predicted octanol–water partition coefficient (Wildman–Crippen LogP) is 0.837. The number of carboxylic acids is 1. The van der Waals surface area contributed by atoms with Crippen molar-refractivity contribution in [2.75, 3.05) is 5.75 Å². The molecule has 0 aromatic carbocycles. The van der Waals surface area contributed by atoms with E-state index in [-0.39, 0.29) is 0 Å². The Hall–Kier alpha value is -0.370. The van der Waals surface area contributed by atoms with Crippen LogP contribution in [-0.4, -0.2) is 32.5 Å². The van der Waals surface area contributed by atoms with Gasteiger partial charge in [0, 0.05) is 23.0 Å². The summed E-state index contributed by atoms with van der Waals surface area (Å²) in [6.07, 6.45) is 0. The molecule has 5 nitrogen and oxygen atoms in total. The standard InChI is InChI=1S/C6H8ClN3O2S2/c7-5-4(9-10-14-5)2-13-1-3(8)6(11)12/h3H,1-2,8H2,(H,11,12). The smallest absolute Gasteiger partial charge is 0.321 e. The van der Waals surface area contributed by atoms with Crippen LogP contribution < -0.4 is 5.73 Å². The lowest BCUT2D eigenvalue weighted by Gasteiger charge is -2.03. The van der Waals surface area contributed by atoms with Gasteiger partial charge in [-0.3, -0.25) is 4.79 Å². The van der Waals surface area contributed by atoms with Gasteiger partial charge >= 0.3 is 5.97 Å². The lowest BCUT2D eigenvalue weighted by atomic mass is 10.4. The molecule has 0 amide bonds. The highest BCUT2D eigenvalue weighted by Gasteiger charge is 2.12. The van der Waals surface area contributed by atoms with Crippen LogP contribution in [0.25, 0.3) is 0 Å². The minimum absolute atomic E-state index is 0.336. The first-order valence-electron chi connectivity index (χ1n) is 3.64. The van der Waals surface area contributed by atoms with Crippen molar-refractivity contribution in [3.8, 4) is 0 Å².